The van der Waals surface area contributed by atoms with E-state index in [-0.39, 0.29) is 0 Å². The van der Waals surface area contributed by atoms with E-state index in [9.17, 15) is 0 Å². The zero-order chi connectivity index (χ0) is 12.7. The first-order chi connectivity index (χ1) is 8.65. The molecular formula is C16H15NS. The molecular weight excluding hydrogens is 238 g/mol. The average molecular weight is 253 g/mol. The molecule has 0 fully saturated rings. The van der Waals surface area contributed by atoms with Crippen LogP contribution in [0, 0.1) is 20.8 Å². The fourth-order valence-corrected chi connectivity index (χ4v) is 3.15. The van der Waals surface area contributed by atoms with Crippen LogP contribution >= 0.6 is 11.3 Å². The van der Waals surface area contributed by atoms with Gasteiger partial charge in [0.25, 0.3) is 0 Å². The van der Waals surface area contributed by atoms with Crippen LogP contribution in [0.4, 0.5) is 0 Å². The van der Waals surface area contributed by atoms with Gasteiger partial charge in [-0.2, -0.15) is 0 Å². The first kappa shape index (κ1) is 11.4. The van der Waals surface area contributed by atoms with Gasteiger partial charge in [-0.25, -0.2) is 4.98 Å². The monoisotopic (exact) mass is 253 g/mol. The Morgan fingerprint density at radius 1 is 0.944 bits per heavy atom. The van der Waals surface area contributed by atoms with E-state index >= 15 is 0 Å². The molecule has 0 unspecified atom stereocenters. The number of hydrogen-bond donors (Lipinski definition) is 0. The Kier molecular flexibility index (Phi) is 2.67. The van der Waals surface area contributed by atoms with Gasteiger partial charge in [0.15, 0.2) is 0 Å². The number of nitrogens with zero attached hydrogens (tertiary/aromatic N) is 1. The standard InChI is InChI=1S/C16H15NS/c1-10-7-8-13(9-11(10)2)14-5-4-6-15-16(14)18-12(3)17-15/h4-9H,1-3H3. The highest BCUT2D eigenvalue weighted by Crippen LogP contribution is 2.33. The zero-order valence-corrected chi connectivity index (χ0v) is 11.6. The van der Waals surface area contributed by atoms with Gasteiger partial charge in [-0.1, -0.05) is 30.3 Å². The topological polar surface area (TPSA) is 12.9 Å². The molecule has 0 spiro atoms. The maximum Gasteiger partial charge on any atom is 0.0907 e. The summed E-state index contributed by atoms with van der Waals surface area (Å²) in [5, 5.41) is 1.13. The summed E-state index contributed by atoms with van der Waals surface area (Å²) in [6, 6.07) is 13.0. The Bertz CT molecular complexity index is 725. The molecule has 0 saturated carbocycles. The highest BCUT2D eigenvalue weighted by molar-refractivity contribution is 7.19. The van der Waals surface area contributed by atoms with Crippen LogP contribution in [0.15, 0.2) is 36.4 Å². The second-order valence-corrected chi connectivity index (χ2v) is 5.89. The number of aromatic nitrogens is 1. The maximum atomic E-state index is 4.56. The first-order valence-electron chi connectivity index (χ1n) is 6.09. The molecule has 0 aliphatic rings. The molecule has 90 valence electrons. The van der Waals surface area contributed by atoms with Gasteiger partial charge in [0.2, 0.25) is 0 Å². The fourth-order valence-electron chi connectivity index (χ4n) is 2.20. The van der Waals surface area contributed by atoms with Crippen LogP contribution in [0.25, 0.3) is 21.3 Å². The largest absolute Gasteiger partial charge is 0.241 e. The molecule has 1 aromatic heterocycles. The summed E-state index contributed by atoms with van der Waals surface area (Å²) in [5.41, 5.74) is 6.36. The summed E-state index contributed by atoms with van der Waals surface area (Å²) >= 11 is 1.77. The van der Waals surface area contributed by atoms with E-state index in [0.717, 1.165) is 10.5 Å². The van der Waals surface area contributed by atoms with Crippen molar-refractivity contribution >= 4 is 21.6 Å². The number of rotatable bonds is 1. The second kappa shape index (κ2) is 4.21. The molecule has 2 aromatic carbocycles. The number of hydrogen-bond acceptors (Lipinski definition) is 2. The van der Waals surface area contributed by atoms with Gasteiger partial charge in [-0.15, -0.1) is 11.3 Å². The molecule has 18 heavy (non-hydrogen) atoms. The van der Waals surface area contributed by atoms with Crippen LogP contribution in [0.2, 0.25) is 0 Å². The number of fused-ring (bicyclic) bond motifs is 1. The minimum atomic E-state index is 1.10. The molecule has 0 aliphatic heterocycles. The lowest BCUT2D eigenvalue weighted by Gasteiger charge is -2.06. The van der Waals surface area contributed by atoms with Crippen molar-refractivity contribution in [3.8, 4) is 11.1 Å². The normalized spacial score (nSPS) is 11.1. The van der Waals surface area contributed by atoms with Gasteiger partial charge in [-0.05, 0) is 43.5 Å². The predicted octanol–water partition coefficient (Wildman–Crippen LogP) is 4.89. The van der Waals surface area contributed by atoms with Gasteiger partial charge in [-0.3, -0.25) is 0 Å². The van der Waals surface area contributed by atoms with Gasteiger partial charge >= 0.3 is 0 Å². The van der Waals surface area contributed by atoms with E-state index in [4.69, 9.17) is 0 Å². The maximum absolute atomic E-state index is 4.56. The van der Waals surface area contributed by atoms with Crippen molar-refractivity contribution in [2.24, 2.45) is 0 Å². The van der Waals surface area contributed by atoms with Crippen molar-refractivity contribution < 1.29 is 0 Å². The van der Waals surface area contributed by atoms with Crippen molar-refractivity contribution in [1.82, 2.24) is 4.98 Å². The molecule has 0 atom stereocenters. The summed E-state index contributed by atoms with van der Waals surface area (Å²) in [6.45, 7) is 6.38. The number of thiazole rings is 1. The summed E-state index contributed by atoms with van der Waals surface area (Å²) < 4.78 is 1.29. The van der Waals surface area contributed by atoms with E-state index in [1.807, 2.05) is 0 Å². The minimum Gasteiger partial charge on any atom is -0.241 e. The summed E-state index contributed by atoms with van der Waals surface area (Å²) in [6.07, 6.45) is 0. The molecule has 3 aromatic rings. The molecule has 0 N–H and O–H groups in total. The van der Waals surface area contributed by atoms with Gasteiger partial charge < -0.3 is 0 Å². The number of benzene rings is 2. The molecule has 1 nitrogen and oxygen atoms in total. The van der Waals surface area contributed by atoms with Crippen LogP contribution in [0.1, 0.15) is 16.1 Å². The van der Waals surface area contributed by atoms with Crippen molar-refractivity contribution in [3.63, 3.8) is 0 Å². The van der Waals surface area contributed by atoms with Gasteiger partial charge in [0, 0.05) is 5.56 Å². The summed E-state index contributed by atoms with van der Waals surface area (Å²) in [5.74, 6) is 0. The third kappa shape index (κ3) is 1.83. The highest BCUT2D eigenvalue weighted by atomic mass is 32.1. The van der Waals surface area contributed by atoms with E-state index in [1.54, 1.807) is 11.3 Å². The molecule has 0 radical (unpaired) electrons. The zero-order valence-electron chi connectivity index (χ0n) is 10.8. The highest BCUT2D eigenvalue weighted by Gasteiger charge is 2.08. The van der Waals surface area contributed by atoms with E-state index in [0.29, 0.717) is 0 Å². The Labute approximate surface area is 111 Å². The SMILES string of the molecule is Cc1nc2cccc(-c3ccc(C)c(C)c3)c2s1. The molecule has 0 saturated heterocycles. The van der Waals surface area contributed by atoms with E-state index in [2.05, 4.69) is 62.2 Å². The summed E-state index contributed by atoms with van der Waals surface area (Å²) in [4.78, 5) is 4.56. The van der Waals surface area contributed by atoms with Gasteiger partial charge in [0.1, 0.15) is 0 Å². The van der Waals surface area contributed by atoms with Crippen LogP contribution in [-0.2, 0) is 0 Å². The molecule has 3 rings (SSSR count). The van der Waals surface area contributed by atoms with Crippen molar-refractivity contribution in [2.75, 3.05) is 0 Å². The lowest BCUT2D eigenvalue weighted by Crippen LogP contribution is -1.83. The van der Waals surface area contributed by atoms with Crippen LogP contribution < -0.4 is 0 Å². The Morgan fingerprint density at radius 3 is 2.56 bits per heavy atom. The predicted molar refractivity (Wildman–Crippen MR) is 79.3 cm³/mol. The quantitative estimate of drug-likeness (QED) is 0.601. The molecule has 2 heteroatoms. The first-order valence-corrected chi connectivity index (χ1v) is 6.90. The molecule has 0 aliphatic carbocycles. The lowest BCUT2D eigenvalue weighted by atomic mass is 10.0. The fraction of sp³-hybridized carbons (Fsp3) is 0.188. The van der Waals surface area contributed by atoms with Crippen LogP contribution in [0.5, 0.6) is 0 Å². The minimum absolute atomic E-state index is 1.10. The molecule has 0 bridgehead atoms. The third-order valence-electron chi connectivity index (χ3n) is 3.34. The number of aryl methyl sites for hydroxylation is 3. The smallest absolute Gasteiger partial charge is 0.0907 e. The van der Waals surface area contributed by atoms with Crippen molar-refractivity contribution in [3.05, 3.63) is 52.5 Å². The Balaban J connectivity index is 2.27. The molecule has 1 heterocycles. The van der Waals surface area contributed by atoms with Crippen LogP contribution in [-0.4, -0.2) is 4.98 Å². The Hall–Kier alpha value is -1.67. The van der Waals surface area contributed by atoms with Crippen LogP contribution in [0.3, 0.4) is 0 Å². The third-order valence-corrected chi connectivity index (χ3v) is 4.36. The molecule has 0 amide bonds. The van der Waals surface area contributed by atoms with Gasteiger partial charge in [0.05, 0.1) is 15.2 Å². The summed E-state index contributed by atoms with van der Waals surface area (Å²) in [7, 11) is 0. The van der Waals surface area contributed by atoms with Crippen molar-refractivity contribution in [2.45, 2.75) is 20.8 Å². The van der Waals surface area contributed by atoms with E-state index < -0.39 is 0 Å². The second-order valence-electron chi connectivity index (χ2n) is 4.69. The lowest BCUT2D eigenvalue weighted by molar-refractivity contribution is 1.34. The average Bonchev–Trinajstić information content (AvgIpc) is 2.72. The van der Waals surface area contributed by atoms with E-state index in [1.165, 1.54) is 27.0 Å². The Morgan fingerprint density at radius 2 is 1.78 bits per heavy atom. The van der Waals surface area contributed by atoms with Crippen molar-refractivity contribution in [1.29, 1.82) is 0 Å².